The summed E-state index contributed by atoms with van der Waals surface area (Å²) in [6.45, 7) is 7.36. The molecule has 0 amide bonds. The highest BCUT2D eigenvalue weighted by molar-refractivity contribution is 4.80. The van der Waals surface area contributed by atoms with Gasteiger partial charge in [-0.3, -0.25) is 0 Å². The topological polar surface area (TPSA) is 35.2 Å². The van der Waals surface area contributed by atoms with Crippen molar-refractivity contribution in [3.8, 4) is 0 Å². The molecule has 2 N–H and O–H groups in total. The van der Waals surface area contributed by atoms with Gasteiger partial charge in [-0.2, -0.15) is 0 Å². The SMILES string of the molecule is C[C@@H](N)C1CCC(C)(C)CO1. The van der Waals surface area contributed by atoms with Gasteiger partial charge in [-0.25, -0.2) is 0 Å². The Kier molecular flexibility index (Phi) is 2.55. The van der Waals surface area contributed by atoms with Gasteiger partial charge < -0.3 is 10.5 Å². The molecule has 11 heavy (non-hydrogen) atoms. The zero-order valence-electron chi connectivity index (χ0n) is 7.76. The Morgan fingerprint density at radius 2 is 2.18 bits per heavy atom. The maximum absolute atomic E-state index is 5.73. The first-order chi connectivity index (χ1) is 5.01. The summed E-state index contributed by atoms with van der Waals surface area (Å²) in [6.07, 6.45) is 2.65. The van der Waals surface area contributed by atoms with Gasteiger partial charge in [-0.1, -0.05) is 13.8 Å². The normalized spacial score (nSPS) is 33.3. The fraction of sp³-hybridized carbons (Fsp3) is 1.00. The van der Waals surface area contributed by atoms with Crippen LogP contribution in [-0.2, 0) is 4.74 Å². The molecule has 0 aliphatic carbocycles. The van der Waals surface area contributed by atoms with Crippen LogP contribution in [0.1, 0.15) is 33.6 Å². The summed E-state index contributed by atoms with van der Waals surface area (Å²) in [5, 5.41) is 0. The molecule has 1 heterocycles. The second kappa shape index (κ2) is 3.11. The molecule has 0 aromatic rings. The Morgan fingerprint density at radius 1 is 1.55 bits per heavy atom. The third kappa shape index (κ3) is 2.46. The van der Waals surface area contributed by atoms with Crippen molar-refractivity contribution in [2.24, 2.45) is 11.1 Å². The number of hydrogen-bond acceptors (Lipinski definition) is 2. The average molecular weight is 157 g/mol. The minimum atomic E-state index is 0.186. The predicted molar refractivity (Wildman–Crippen MR) is 46.4 cm³/mol. The van der Waals surface area contributed by atoms with Gasteiger partial charge in [-0.05, 0) is 25.2 Å². The van der Waals surface area contributed by atoms with Crippen LogP contribution in [-0.4, -0.2) is 18.8 Å². The summed E-state index contributed by atoms with van der Waals surface area (Å²) in [4.78, 5) is 0. The maximum Gasteiger partial charge on any atom is 0.0723 e. The molecule has 2 atom stereocenters. The lowest BCUT2D eigenvalue weighted by Crippen LogP contribution is -2.41. The molecule has 0 radical (unpaired) electrons. The highest BCUT2D eigenvalue weighted by Gasteiger charge is 2.28. The fourth-order valence-electron chi connectivity index (χ4n) is 1.44. The first-order valence-electron chi connectivity index (χ1n) is 4.38. The molecule has 0 saturated carbocycles. The van der Waals surface area contributed by atoms with E-state index in [-0.39, 0.29) is 6.04 Å². The summed E-state index contributed by atoms with van der Waals surface area (Å²) < 4.78 is 5.63. The van der Waals surface area contributed by atoms with Crippen molar-refractivity contribution in [1.29, 1.82) is 0 Å². The molecular formula is C9H19NO. The molecule has 1 saturated heterocycles. The van der Waals surface area contributed by atoms with Crippen LogP contribution in [0.5, 0.6) is 0 Å². The lowest BCUT2D eigenvalue weighted by atomic mass is 9.84. The average Bonchev–Trinajstić information content (AvgIpc) is 1.86. The van der Waals surface area contributed by atoms with Crippen LogP contribution in [0.15, 0.2) is 0 Å². The molecule has 1 fully saturated rings. The van der Waals surface area contributed by atoms with Gasteiger partial charge in [-0.15, -0.1) is 0 Å². The first kappa shape index (κ1) is 9.01. The maximum atomic E-state index is 5.73. The number of ether oxygens (including phenoxy) is 1. The smallest absolute Gasteiger partial charge is 0.0723 e. The molecule has 1 unspecified atom stereocenters. The van der Waals surface area contributed by atoms with E-state index in [1.54, 1.807) is 0 Å². The molecule has 1 aliphatic heterocycles. The first-order valence-corrected chi connectivity index (χ1v) is 4.38. The summed E-state index contributed by atoms with van der Waals surface area (Å²) >= 11 is 0. The Bertz CT molecular complexity index is 122. The molecule has 1 rings (SSSR count). The van der Waals surface area contributed by atoms with E-state index < -0.39 is 0 Å². The van der Waals surface area contributed by atoms with Gasteiger partial charge in [0.2, 0.25) is 0 Å². The van der Waals surface area contributed by atoms with Crippen molar-refractivity contribution in [1.82, 2.24) is 0 Å². The minimum absolute atomic E-state index is 0.186. The zero-order valence-corrected chi connectivity index (χ0v) is 7.76. The van der Waals surface area contributed by atoms with Gasteiger partial charge in [0.25, 0.3) is 0 Å². The van der Waals surface area contributed by atoms with Crippen LogP contribution in [0.25, 0.3) is 0 Å². The van der Waals surface area contributed by atoms with E-state index in [1.165, 1.54) is 6.42 Å². The lowest BCUT2D eigenvalue weighted by Gasteiger charge is -2.36. The van der Waals surface area contributed by atoms with E-state index >= 15 is 0 Å². The number of hydrogen-bond donors (Lipinski definition) is 1. The fourth-order valence-corrected chi connectivity index (χ4v) is 1.44. The van der Waals surface area contributed by atoms with E-state index in [9.17, 15) is 0 Å². The van der Waals surface area contributed by atoms with Crippen LogP contribution in [0.3, 0.4) is 0 Å². The molecule has 0 aromatic heterocycles. The number of nitrogens with two attached hydrogens (primary N) is 1. The van der Waals surface area contributed by atoms with Gasteiger partial charge in [0, 0.05) is 6.04 Å². The van der Waals surface area contributed by atoms with Crippen LogP contribution in [0.4, 0.5) is 0 Å². The van der Waals surface area contributed by atoms with Crippen molar-refractivity contribution in [2.45, 2.75) is 45.8 Å². The van der Waals surface area contributed by atoms with Gasteiger partial charge in [0.1, 0.15) is 0 Å². The van der Waals surface area contributed by atoms with Crippen LogP contribution < -0.4 is 5.73 Å². The van der Waals surface area contributed by atoms with Gasteiger partial charge in [0.15, 0.2) is 0 Å². The van der Waals surface area contributed by atoms with E-state index in [0.717, 1.165) is 13.0 Å². The molecule has 1 aliphatic rings. The Labute approximate surface area is 69.1 Å². The standard InChI is InChI=1S/C9H19NO/c1-7(10)8-4-5-9(2,3)6-11-8/h7-8H,4-6,10H2,1-3H3/t7-,8?/m1/s1. The molecule has 0 bridgehead atoms. The lowest BCUT2D eigenvalue weighted by molar-refractivity contribution is -0.0562. The van der Waals surface area contributed by atoms with Gasteiger partial charge >= 0.3 is 0 Å². The number of rotatable bonds is 1. The molecule has 0 spiro atoms. The molecule has 0 aromatic carbocycles. The molecular weight excluding hydrogens is 138 g/mol. The van der Waals surface area contributed by atoms with Crippen molar-refractivity contribution >= 4 is 0 Å². The summed E-state index contributed by atoms with van der Waals surface area (Å²) in [5.74, 6) is 0. The largest absolute Gasteiger partial charge is 0.376 e. The van der Waals surface area contributed by atoms with Crippen molar-refractivity contribution < 1.29 is 4.74 Å². The van der Waals surface area contributed by atoms with Crippen LogP contribution in [0, 0.1) is 5.41 Å². The predicted octanol–water partition coefficient (Wildman–Crippen LogP) is 1.54. The molecule has 2 nitrogen and oxygen atoms in total. The minimum Gasteiger partial charge on any atom is -0.376 e. The Hall–Kier alpha value is -0.0800. The Balaban J connectivity index is 2.36. The van der Waals surface area contributed by atoms with Crippen molar-refractivity contribution in [3.63, 3.8) is 0 Å². The second-order valence-electron chi connectivity index (χ2n) is 4.41. The zero-order chi connectivity index (χ0) is 8.48. The van der Waals surface area contributed by atoms with Crippen LogP contribution in [0.2, 0.25) is 0 Å². The van der Waals surface area contributed by atoms with Crippen LogP contribution >= 0.6 is 0 Å². The summed E-state index contributed by atoms with van der Waals surface area (Å²) in [7, 11) is 0. The highest BCUT2D eigenvalue weighted by Crippen LogP contribution is 2.30. The van der Waals surface area contributed by atoms with Gasteiger partial charge in [0.05, 0.1) is 12.7 Å². The van der Waals surface area contributed by atoms with E-state index in [0.29, 0.717) is 11.5 Å². The van der Waals surface area contributed by atoms with Crippen molar-refractivity contribution in [2.75, 3.05) is 6.61 Å². The second-order valence-corrected chi connectivity index (χ2v) is 4.41. The Morgan fingerprint density at radius 3 is 2.55 bits per heavy atom. The molecule has 66 valence electrons. The molecule has 2 heteroatoms. The van der Waals surface area contributed by atoms with E-state index in [2.05, 4.69) is 13.8 Å². The highest BCUT2D eigenvalue weighted by atomic mass is 16.5. The monoisotopic (exact) mass is 157 g/mol. The van der Waals surface area contributed by atoms with Crippen molar-refractivity contribution in [3.05, 3.63) is 0 Å². The van der Waals surface area contributed by atoms with E-state index in [1.807, 2.05) is 6.92 Å². The van der Waals surface area contributed by atoms with E-state index in [4.69, 9.17) is 10.5 Å². The quantitative estimate of drug-likeness (QED) is 0.626. The third-order valence-corrected chi connectivity index (χ3v) is 2.38. The summed E-state index contributed by atoms with van der Waals surface area (Å²) in [6, 6.07) is 0.186. The summed E-state index contributed by atoms with van der Waals surface area (Å²) in [5.41, 5.74) is 6.10. The third-order valence-electron chi connectivity index (χ3n) is 2.38.